The molecule has 1 aromatic heterocycles. The Bertz CT molecular complexity index is 998. The molecule has 0 radical (unpaired) electrons. The monoisotopic (exact) mass is 439 g/mol. The first-order valence-corrected chi connectivity index (χ1v) is 10.7. The van der Waals surface area contributed by atoms with E-state index in [4.69, 9.17) is 0 Å². The number of carbonyl (C=O) groups excluding carboxylic acids is 2. The second kappa shape index (κ2) is 9.76. The maximum Gasteiger partial charge on any atom is 0.293 e. The summed E-state index contributed by atoms with van der Waals surface area (Å²) in [5.74, 6) is 0.401. The van der Waals surface area contributed by atoms with Gasteiger partial charge < -0.3 is 15.1 Å². The van der Waals surface area contributed by atoms with Crippen molar-refractivity contribution < 1.29 is 14.5 Å². The fraction of sp³-hybridized carbons (Fsp3) is 0.435. The highest BCUT2D eigenvalue weighted by Crippen LogP contribution is 2.34. The smallest absolute Gasteiger partial charge is 0.293 e. The molecule has 1 aromatic carbocycles. The summed E-state index contributed by atoms with van der Waals surface area (Å²) >= 11 is 0. The fourth-order valence-electron chi connectivity index (χ4n) is 4.16. The van der Waals surface area contributed by atoms with Gasteiger partial charge in [0, 0.05) is 38.0 Å². The molecule has 3 rings (SSSR count). The Morgan fingerprint density at radius 2 is 1.91 bits per heavy atom. The van der Waals surface area contributed by atoms with Crippen molar-refractivity contribution >= 4 is 29.0 Å². The second-order valence-electron chi connectivity index (χ2n) is 8.74. The predicted octanol–water partition coefficient (Wildman–Crippen LogP) is 3.49. The van der Waals surface area contributed by atoms with E-state index >= 15 is 0 Å². The number of nitrogens with one attached hydrogen (secondary N) is 1. The SMILES string of the molecule is Cc1ccc(NC(=O)CN(C)C(=O)c2ccc(N3CC(C)CC(C)C3)c([N+](=O)[O-])c2)nc1. The highest BCUT2D eigenvalue weighted by molar-refractivity contribution is 5.99. The zero-order chi connectivity index (χ0) is 23.4. The second-order valence-corrected chi connectivity index (χ2v) is 8.74. The van der Waals surface area contributed by atoms with E-state index in [2.05, 4.69) is 24.1 Å². The molecule has 1 aliphatic rings. The van der Waals surface area contributed by atoms with Crippen LogP contribution in [0, 0.1) is 28.9 Å². The van der Waals surface area contributed by atoms with Crippen LogP contribution in [0.5, 0.6) is 0 Å². The van der Waals surface area contributed by atoms with Gasteiger partial charge in [0.25, 0.3) is 11.6 Å². The van der Waals surface area contributed by atoms with Crippen LogP contribution in [-0.2, 0) is 4.79 Å². The number of benzene rings is 1. The van der Waals surface area contributed by atoms with Crippen molar-refractivity contribution in [2.24, 2.45) is 11.8 Å². The molecule has 2 amide bonds. The zero-order valence-electron chi connectivity index (χ0n) is 18.9. The number of pyridine rings is 1. The minimum absolute atomic E-state index is 0.0983. The Hall–Kier alpha value is -3.49. The number of rotatable bonds is 6. The standard InChI is InChI=1S/C23H29N5O4/c1-15-5-8-21(24-11-15)25-22(29)14-26(4)23(30)18-6-7-19(20(10-18)28(31)32)27-12-16(2)9-17(3)13-27/h5-8,10-11,16-17H,9,12-14H2,1-4H3,(H,24,25,29). The van der Waals surface area contributed by atoms with E-state index in [0.29, 0.717) is 23.3 Å². The molecule has 0 bridgehead atoms. The van der Waals surface area contributed by atoms with E-state index in [1.165, 1.54) is 18.0 Å². The van der Waals surface area contributed by atoms with E-state index in [1.54, 1.807) is 24.4 Å². The number of hydrogen-bond acceptors (Lipinski definition) is 6. The van der Waals surface area contributed by atoms with Crippen LogP contribution in [-0.4, -0.2) is 53.3 Å². The lowest BCUT2D eigenvalue weighted by molar-refractivity contribution is -0.384. The molecule has 2 heterocycles. The van der Waals surface area contributed by atoms with E-state index in [9.17, 15) is 19.7 Å². The third-order valence-corrected chi connectivity index (χ3v) is 5.53. The maximum atomic E-state index is 12.8. The number of aryl methyl sites for hydroxylation is 1. The Kier molecular flexibility index (Phi) is 7.07. The van der Waals surface area contributed by atoms with Crippen LogP contribution in [0.15, 0.2) is 36.5 Å². The maximum absolute atomic E-state index is 12.8. The van der Waals surface area contributed by atoms with Crippen molar-refractivity contribution in [1.29, 1.82) is 0 Å². The summed E-state index contributed by atoms with van der Waals surface area (Å²) < 4.78 is 0. The molecule has 1 N–H and O–H groups in total. The summed E-state index contributed by atoms with van der Waals surface area (Å²) in [6, 6.07) is 8.03. The van der Waals surface area contributed by atoms with E-state index in [-0.39, 0.29) is 17.8 Å². The summed E-state index contributed by atoms with van der Waals surface area (Å²) in [4.78, 5) is 43.8. The molecule has 0 saturated carbocycles. The summed E-state index contributed by atoms with van der Waals surface area (Å²) in [6.07, 6.45) is 2.72. The van der Waals surface area contributed by atoms with Crippen LogP contribution in [0.1, 0.15) is 36.2 Å². The first-order valence-electron chi connectivity index (χ1n) is 10.7. The molecule has 2 aromatic rings. The van der Waals surface area contributed by atoms with Gasteiger partial charge in [-0.15, -0.1) is 0 Å². The van der Waals surface area contributed by atoms with E-state index in [0.717, 1.165) is 25.1 Å². The van der Waals surface area contributed by atoms with Gasteiger partial charge in [0.05, 0.1) is 11.5 Å². The van der Waals surface area contributed by atoms with Crippen molar-refractivity contribution in [1.82, 2.24) is 9.88 Å². The minimum Gasteiger partial charge on any atom is -0.365 e. The number of amides is 2. The Labute approximate surface area is 187 Å². The minimum atomic E-state index is -0.466. The lowest BCUT2D eigenvalue weighted by Gasteiger charge is -2.36. The van der Waals surface area contributed by atoms with Crippen molar-refractivity contribution in [2.45, 2.75) is 27.2 Å². The van der Waals surface area contributed by atoms with Crippen molar-refractivity contribution in [2.75, 3.05) is 36.9 Å². The van der Waals surface area contributed by atoms with Gasteiger partial charge in [-0.1, -0.05) is 19.9 Å². The molecule has 2 unspecified atom stereocenters. The molecule has 170 valence electrons. The topological polar surface area (TPSA) is 109 Å². The molecule has 0 spiro atoms. The summed E-state index contributed by atoms with van der Waals surface area (Å²) in [6.45, 7) is 7.45. The average Bonchev–Trinajstić information content (AvgIpc) is 2.73. The molecule has 1 aliphatic heterocycles. The Balaban J connectivity index is 1.72. The molecular weight excluding hydrogens is 410 g/mol. The third-order valence-electron chi connectivity index (χ3n) is 5.53. The number of piperidine rings is 1. The first-order chi connectivity index (χ1) is 15.1. The van der Waals surface area contributed by atoms with Crippen LogP contribution < -0.4 is 10.2 Å². The van der Waals surface area contributed by atoms with Gasteiger partial charge >= 0.3 is 0 Å². The number of nitro benzene ring substituents is 1. The largest absolute Gasteiger partial charge is 0.365 e. The number of hydrogen-bond donors (Lipinski definition) is 1. The van der Waals surface area contributed by atoms with Crippen molar-refractivity contribution in [3.63, 3.8) is 0 Å². The number of anilines is 2. The normalized spacial score (nSPS) is 18.2. The summed E-state index contributed by atoms with van der Waals surface area (Å²) in [7, 11) is 1.48. The molecule has 1 saturated heterocycles. The molecule has 9 heteroatoms. The quantitative estimate of drug-likeness (QED) is 0.545. The van der Waals surface area contributed by atoms with Gasteiger partial charge in [0.2, 0.25) is 5.91 Å². The number of nitrogens with zero attached hydrogens (tertiary/aromatic N) is 4. The fourth-order valence-corrected chi connectivity index (χ4v) is 4.16. The van der Waals surface area contributed by atoms with Gasteiger partial charge in [0.1, 0.15) is 11.5 Å². The van der Waals surface area contributed by atoms with Crippen LogP contribution in [0.4, 0.5) is 17.2 Å². The van der Waals surface area contributed by atoms with Crippen LogP contribution in [0.3, 0.4) is 0 Å². The third kappa shape index (κ3) is 5.60. The number of aromatic nitrogens is 1. The Morgan fingerprint density at radius 1 is 1.22 bits per heavy atom. The Morgan fingerprint density at radius 3 is 2.50 bits per heavy atom. The van der Waals surface area contributed by atoms with Gasteiger partial charge in [-0.25, -0.2) is 4.98 Å². The number of nitro groups is 1. The molecule has 32 heavy (non-hydrogen) atoms. The molecule has 0 aliphatic carbocycles. The van der Waals surface area contributed by atoms with E-state index in [1.807, 2.05) is 17.9 Å². The molecule has 1 fully saturated rings. The van der Waals surface area contributed by atoms with Crippen LogP contribution in [0.2, 0.25) is 0 Å². The van der Waals surface area contributed by atoms with Gasteiger partial charge in [-0.3, -0.25) is 19.7 Å². The summed E-state index contributed by atoms with van der Waals surface area (Å²) in [5, 5.41) is 14.4. The molecular formula is C23H29N5O4. The van der Waals surface area contributed by atoms with Gasteiger partial charge in [-0.2, -0.15) is 0 Å². The molecule has 9 nitrogen and oxygen atoms in total. The highest BCUT2D eigenvalue weighted by atomic mass is 16.6. The number of likely N-dealkylation sites (N-methyl/N-ethyl adjacent to an activating group) is 1. The lowest BCUT2D eigenvalue weighted by Crippen LogP contribution is -2.39. The van der Waals surface area contributed by atoms with Crippen molar-refractivity contribution in [3.8, 4) is 0 Å². The lowest BCUT2D eigenvalue weighted by atomic mass is 9.91. The first kappa shape index (κ1) is 23.2. The van der Waals surface area contributed by atoms with Crippen molar-refractivity contribution in [3.05, 3.63) is 57.8 Å². The van der Waals surface area contributed by atoms with Crippen LogP contribution >= 0.6 is 0 Å². The average molecular weight is 440 g/mol. The zero-order valence-corrected chi connectivity index (χ0v) is 18.9. The predicted molar refractivity (Wildman–Crippen MR) is 123 cm³/mol. The number of carbonyl (C=O) groups is 2. The van der Waals surface area contributed by atoms with Crippen LogP contribution in [0.25, 0.3) is 0 Å². The van der Waals surface area contributed by atoms with Gasteiger partial charge in [0.15, 0.2) is 0 Å². The summed E-state index contributed by atoms with van der Waals surface area (Å²) in [5.41, 5.74) is 1.56. The van der Waals surface area contributed by atoms with Gasteiger partial charge in [-0.05, 0) is 48.9 Å². The highest BCUT2D eigenvalue weighted by Gasteiger charge is 2.28. The molecule has 2 atom stereocenters. The van der Waals surface area contributed by atoms with E-state index < -0.39 is 16.7 Å².